The SMILES string of the molecule is CCOCCOc1ccc(NC(=S)NC(=O)c2cc(Br)ccc2OCCc2ccccc2)cc1. The molecule has 0 spiro atoms. The van der Waals surface area contributed by atoms with Crippen LogP contribution in [0, 0.1) is 0 Å². The Morgan fingerprint density at radius 1 is 0.941 bits per heavy atom. The second-order valence-corrected chi connectivity index (χ2v) is 8.53. The van der Waals surface area contributed by atoms with Gasteiger partial charge in [-0.15, -0.1) is 0 Å². The molecule has 0 radical (unpaired) electrons. The van der Waals surface area contributed by atoms with Gasteiger partial charge in [-0.2, -0.15) is 0 Å². The molecule has 3 aromatic carbocycles. The first-order chi connectivity index (χ1) is 16.5. The van der Waals surface area contributed by atoms with Gasteiger partial charge >= 0.3 is 0 Å². The highest BCUT2D eigenvalue weighted by molar-refractivity contribution is 9.10. The first-order valence-corrected chi connectivity index (χ1v) is 12.1. The lowest BCUT2D eigenvalue weighted by atomic mass is 10.1. The van der Waals surface area contributed by atoms with E-state index >= 15 is 0 Å². The maximum absolute atomic E-state index is 12.9. The van der Waals surface area contributed by atoms with E-state index in [1.807, 2.05) is 67.6 Å². The van der Waals surface area contributed by atoms with Gasteiger partial charge in [0.05, 0.1) is 18.8 Å². The van der Waals surface area contributed by atoms with Gasteiger partial charge in [0.1, 0.15) is 18.1 Å². The van der Waals surface area contributed by atoms with E-state index in [2.05, 4.69) is 26.6 Å². The zero-order valence-corrected chi connectivity index (χ0v) is 21.3. The largest absolute Gasteiger partial charge is 0.492 e. The van der Waals surface area contributed by atoms with Crippen molar-refractivity contribution in [1.82, 2.24) is 5.32 Å². The Labute approximate surface area is 213 Å². The van der Waals surface area contributed by atoms with E-state index in [9.17, 15) is 4.79 Å². The quantitative estimate of drug-likeness (QED) is 0.242. The van der Waals surface area contributed by atoms with Crippen molar-refractivity contribution in [3.05, 3.63) is 88.4 Å². The summed E-state index contributed by atoms with van der Waals surface area (Å²) in [6, 6.07) is 22.7. The highest BCUT2D eigenvalue weighted by atomic mass is 79.9. The average Bonchev–Trinajstić information content (AvgIpc) is 2.84. The van der Waals surface area contributed by atoms with Crippen molar-refractivity contribution in [2.45, 2.75) is 13.3 Å². The van der Waals surface area contributed by atoms with Crippen LogP contribution < -0.4 is 20.1 Å². The molecule has 3 rings (SSSR count). The summed E-state index contributed by atoms with van der Waals surface area (Å²) < 4.78 is 17.5. The minimum absolute atomic E-state index is 0.185. The van der Waals surface area contributed by atoms with Gasteiger partial charge in [0, 0.05) is 23.2 Å². The molecule has 0 aliphatic rings. The zero-order chi connectivity index (χ0) is 24.2. The van der Waals surface area contributed by atoms with E-state index in [0.29, 0.717) is 37.7 Å². The van der Waals surface area contributed by atoms with Crippen LogP contribution in [0.1, 0.15) is 22.8 Å². The maximum atomic E-state index is 12.9. The highest BCUT2D eigenvalue weighted by Gasteiger charge is 2.15. The van der Waals surface area contributed by atoms with Crippen LogP contribution in [-0.4, -0.2) is 37.4 Å². The van der Waals surface area contributed by atoms with Crippen molar-refractivity contribution in [2.24, 2.45) is 0 Å². The molecule has 34 heavy (non-hydrogen) atoms. The molecule has 0 atom stereocenters. The van der Waals surface area contributed by atoms with Gasteiger partial charge in [-0.3, -0.25) is 10.1 Å². The Hall–Kier alpha value is -2.94. The standard InChI is InChI=1S/C26H27BrN2O4S/c1-2-31-16-17-32-22-11-9-21(10-12-22)28-26(34)29-25(30)23-18-20(27)8-13-24(23)33-15-14-19-6-4-3-5-7-19/h3-13,18H,2,14-17H2,1H3,(H2,28,29,30,34). The van der Waals surface area contributed by atoms with Crippen LogP contribution in [0.2, 0.25) is 0 Å². The molecule has 3 aromatic rings. The van der Waals surface area contributed by atoms with Crippen molar-refractivity contribution in [2.75, 3.05) is 31.7 Å². The second kappa shape index (κ2) is 13.7. The smallest absolute Gasteiger partial charge is 0.261 e. The minimum Gasteiger partial charge on any atom is -0.492 e. The maximum Gasteiger partial charge on any atom is 0.261 e. The highest BCUT2D eigenvalue weighted by Crippen LogP contribution is 2.24. The van der Waals surface area contributed by atoms with Crippen LogP contribution in [0.5, 0.6) is 11.5 Å². The van der Waals surface area contributed by atoms with E-state index in [1.165, 1.54) is 5.56 Å². The number of halogens is 1. The lowest BCUT2D eigenvalue weighted by Crippen LogP contribution is -2.34. The van der Waals surface area contributed by atoms with Crippen LogP contribution in [0.25, 0.3) is 0 Å². The number of amides is 1. The Kier molecular flexibility index (Phi) is 10.3. The summed E-state index contributed by atoms with van der Waals surface area (Å²) in [4.78, 5) is 12.9. The Morgan fingerprint density at radius 2 is 1.71 bits per heavy atom. The first kappa shape index (κ1) is 25.7. The van der Waals surface area contributed by atoms with Gasteiger partial charge in [0.25, 0.3) is 5.91 Å². The molecule has 0 aliphatic heterocycles. The number of ether oxygens (including phenoxy) is 3. The number of nitrogens with one attached hydrogen (secondary N) is 2. The number of anilines is 1. The van der Waals surface area contributed by atoms with E-state index in [1.54, 1.807) is 12.1 Å². The van der Waals surface area contributed by atoms with E-state index in [-0.39, 0.29) is 11.0 Å². The zero-order valence-electron chi connectivity index (χ0n) is 18.9. The van der Waals surface area contributed by atoms with E-state index < -0.39 is 0 Å². The molecular formula is C26H27BrN2O4S. The molecule has 0 saturated carbocycles. The van der Waals surface area contributed by atoms with E-state index in [0.717, 1.165) is 22.3 Å². The third-order valence-corrected chi connectivity index (χ3v) is 5.41. The summed E-state index contributed by atoms with van der Waals surface area (Å²) in [6.07, 6.45) is 0.739. The molecule has 0 bridgehead atoms. The van der Waals surface area contributed by atoms with Crippen LogP contribution in [-0.2, 0) is 11.2 Å². The van der Waals surface area contributed by atoms with Crippen LogP contribution in [0.3, 0.4) is 0 Å². The number of carbonyl (C=O) groups is 1. The molecule has 0 unspecified atom stereocenters. The number of benzene rings is 3. The third kappa shape index (κ3) is 8.44. The molecule has 1 amide bonds. The summed E-state index contributed by atoms with van der Waals surface area (Å²) in [5.74, 6) is 0.865. The van der Waals surface area contributed by atoms with Crippen molar-refractivity contribution in [3.63, 3.8) is 0 Å². The fourth-order valence-electron chi connectivity index (χ4n) is 3.06. The summed E-state index contributed by atoms with van der Waals surface area (Å²) in [5, 5.41) is 5.91. The molecule has 0 saturated heterocycles. The van der Waals surface area contributed by atoms with Crippen molar-refractivity contribution in [3.8, 4) is 11.5 Å². The van der Waals surface area contributed by atoms with Crippen LogP contribution in [0.15, 0.2) is 77.3 Å². The van der Waals surface area contributed by atoms with Gasteiger partial charge in [0.15, 0.2) is 5.11 Å². The fourth-order valence-corrected chi connectivity index (χ4v) is 3.63. The van der Waals surface area contributed by atoms with Gasteiger partial charge in [-0.1, -0.05) is 46.3 Å². The molecule has 6 nitrogen and oxygen atoms in total. The average molecular weight is 543 g/mol. The van der Waals surface area contributed by atoms with Crippen molar-refractivity contribution in [1.29, 1.82) is 0 Å². The van der Waals surface area contributed by atoms with Gasteiger partial charge in [-0.25, -0.2) is 0 Å². The molecule has 2 N–H and O–H groups in total. The summed E-state index contributed by atoms with van der Waals surface area (Å²) in [7, 11) is 0. The molecular weight excluding hydrogens is 516 g/mol. The van der Waals surface area contributed by atoms with E-state index in [4.69, 9.17) is 26.4 Å². The lowest BCUT2D eigenvalue weighted by molar-refractivity contribution is 0.0973. The lowest BCUT2D eigenvalue weighted by Gasteiger charge is -2.14. The van der Waals surface area contributed by atoms with Gasteiger partial charge < -0.3 is 19.5 Å². The van der Waals surface area contributed by atoms with Gasteiger partial charge in [0.2, 0.25) is 0 Å². The normalized spacial score (nSPS) is 10.4. The molecule has 0 fully saturated rings. The predicted octanol–water partition coefficient (Wildman–Crippen LogP) is 5.61. The number of thiocarbonyl (C=S) groups is 1. The topological polar surface area (TPSA) is 68.8 Å². The van der Waals surface area contributed by atoms with Crippen molar-refractivity contribution < 1.29 is 19.0 Å². The van der Waals surface area contributed by atoms with Gasteiger partial charge in [-0.05, 0) is 67.2 Å². The number of carbonyl (C=O) groups excluding carboxylic acids is 1. The second-order valence-electron chi connectivity index (χ2n) is 7.20. The number of hydrogen-bond donors (Lipinski definition) is 2. The van der Waals surface area contributed by atoms with Crippen LogP contribution >= 0.6 is 28.1 Å². The molecule has 0 heterocycles. The third-order valence-electron chi connectivity index (χ3n) is 4.72. The summed E-state index contributed by atoms with van der Waals surface area (Å²) in [5.41, 5.74) is 2.29. The Bertz CT molecular complexity index is 1080. The number of hydrogen-bond acceptors (Lipinski definition) is 5. The fraction of sp³-hybridized carbons (Fsp3) is 0.231. The van der Waals surface area contributed by atoms with Crippen LogP contribution in [0.4, 0.5) is 5.69 Å². The molecule has 178 valence electrons. The molecule has 0 aromatic heterocycles. The predicted molar refractivity (Wildman–Crippen MR) is 142 cm³/mol. The summed E-state index contributed by atoms with van der Waals surface area (Å²) in [6.45, 7) is 4.08. The molecule has 8 heteroatoms. The monoisotopic (exact) mass is 542 g/mol. The first-order valence-electron chi connectivity index (χ1n) is 10.9. The Balaban J connectivity index is 1.54. The minimum atomic E-state index is -0.357. The molecule has 0 aliphatic carbocycles. The van der Waals surface area contributed by atoms with Crippen molar-refractivity contribution >= 4 is 44.9 Å². The Morgan fingerprint density at radius 3 is 2.44 bits per heavy atom. The summed E-state index contributed by atoms with van der Waals surface area (Å²) >= 11 is 8.75. The number of rotatable bonds is 11.